The molecule has 76 valence electrons. The highest BCUT2D eigenvalue weighted by molar-refractivity contribution is 7.84. The van der Waals surface area contributed by atoms with Crippen LogP contribution in [0, 0.1) is 0 Å². The SMILES string of the molecule is CO[C@]1(N)C(=O)N(S(=O)(=O)O)[C@H]1C. The molecule has 1 rings (SSSR count). The second-order valence-corrected chi connectivity index (χ2v) is 4.04. The fraction of sp³-hybridized carbons (Fsp3) is 0.800. The van der Waals surface area contributed by atoms with Crippen molar-refractivity contribution in [1.29, 1.82) is 0 Å². The minimum atomic E-state index is -4.52. The lowest BCUT2D eigenvalue weighted by Crippen LogP contribution is -2.79. The van der Waals surface area contributed by atoms with Gasteiger partial charge in [-0.2, -0.15) is 8.42 Å². The number of carbonyl (C=O) groups is 1. The van der Waals surface area contributed by atoms with Gasteiger partial charge in [0.15, 0.2) is 0 Å². The molecular weight excluding hydrogens is 200 g/mol. The Morgan fingerprint density at radius 1 is 1.69 bits per heavy atom. The second kappa shape index (κ2) is 2.64. The van der Waals surface area contributed by atoms with E-state index in [1.54, 1.807) is 0 Å². The standard InChI is InChI=1S/C5H10N2O5S/c1-3-5(6,12-2)4(8)7(3)13(9,10)11/h3H,6H2,1-2H3,(H,9,10,11)/t3-,5-/m0/s1. The van der Waals surface area contributed by atoms with Gasteiger partial charge < -0.3 is 4.74 Å². The summed E-state index contributed by atoms with van der Waals surface area (Å²) in [6, 6.07) is -0.903. The van der Waals surface area contributed by atoms with Gasteiger partial charge >= 0.3 is 10.3 Å². The molecule has 13 heavy (non-hydrogen) atoms. The topological polar surface area (TPSA) is 110 Å². The first-order valence-corrected chi connectivity index (χ1v) is 4.80. The number of nitrogens with two attached hydrogens (primary N) is 1. The molecule has 3 N–H and O–H groups in total. The molecule has 0 aromatic rings. The Morgan fingerprint density at radius 3 is 2.38 bits per heavy atom. The highest BCUT2D eigenvalue weighted by Gasteiger charge is 2.61. The molecule has 1 fully saturated rings. The van der Waals surface area contributed by atoms with E-state index in [-0.39, 0.29) is 4.31 Å². The Balaban J connectivity index is 2.98. The molecule has 0 aliphatic carbocycles. The Kier molecular flexibility index (Phi) is 2.11. The fourth-order valence-corrected chi connectivity index (χ4v) is 2.11. The third-order valence-electron chi connectivity index (χ3n) is 2.09. The summed E-state index contributed by atoms with van der Waals surface area (Å²) in [7, 11) is -3.33. The van der Waals surface area contributed by atoms with E-state index in [2.05, 4.69) is 4.74 Å². The molecule has 1 amide bonds. The molecule has 7 nitrogen and oxygen atoms in total. The summed E-state index contributed by atoms with van der Waals surface area (Å²) in [6.45, 7) is 1.36. The number of hydrogen-bond donors (Lipinski definition) is 2. The molecule has 1 heterocycles. The van der Waals surface area contributed by atoms with Crippen molar-refractivity contribution < 1.29 is 22.5 Å². The molecule has 0 radical (unpaired) electrons. The molecular formula is C5H10N2O5S. The Hall–Kier alpha value is -0.700. The van der Waals surface area contributed by atoms with E-state index in [1.807, 2.05) is 0 Å². The largest absolute Gasteiger partial charge is 0.362 e. The van der Waals surface area contributed by atoms with E-state index < -0.39 is 28.0 Å². The Labute approximate surface area is 75.3 Å². The van der Waals surface area contributed by atoms with Gasteiger partial charge in [0, 0.05) is 7.11 Å². The smallest absolute Gasteiger partial charge is 0.353 e. The van der Waals surface area contributed by atoms with Crippen molar-refractivity contribution in [3.05, 3.63) is 0 Å². The number of ether oxygens (including phenoxy) is 1. The first-order chi connectivity index (χ1) is 5.75. The molecule has 1 saturated heterocycles. The van der Waals surface area contributed by atoms with Gasteiger partial charge in [-0.1, -0.05) is 0 Å². The molecule has 0 saturated carbocycles. The third kappa shape index (κ3) is 1.22. The van der Waals surface area contributed by atoms with Crippen LogP contribution >= 0.6 is 0 Å². The van der Waals surface area contributed by atoms with Gasteiger partial charge in [-0.25, -0.2) is 4.31 Å². The molecule has 0 bridgehead atoms. The van der Waals surface area contributed by atoms with Crippen LogP contribution in [-0.4, -0.2) is 42.1 Å². The summed E-state index contributed by atoms with van der Waals surface area (Å²) in [5.41, 5.74) is 3.74. The maximum Gasteiger partial charge on any atom is 0.362 e. The number of amides is 1. The maximum atomic E-state index is 11.1. The lowest BCUT2D eigenvalue weighted by Gasteiger charge is -2.48. The van der Waals surface area contributed by atoms with E-state index in [0.717, 1.165) is 0 Å². The van der Waals surface area contributed by atoms with E-state index in [1.165, 1.54) is 14.0 Å². The van der Waals surface area contributed by atoms with Crippen LogP contribution in [-0.2, 0) is 19.8 Å². The zero-order valence-electron chi connectivity index (χ0n) is 7.09. The average molecular weight is 210 g/mol. The normalized spacial score (nSPS) is 34.6. The van der Waals surface area contributed by atoms with Crippen LogP contribution in [0.25, 0.3) is 0 Å². The van der Waals surface area contributed by atoms with Gasteiger partial charge in [-0.05, 0) is 6.92 Å². The molecule has 0 unspecified atom stereocenters. The monoisotopic (exact) mass is 210 g/mol. The van der Waals surface area contributed by atoms with Crippen LogP contribution < -0.4 is 5.73 Å². The summed E-state index contributed by atoms with van der Waals surface area (Å²) in [4.78, 5) is 11.1. The van der Waals surface area contributed by atoms with Gasteiger partial charge in [-0.15, -0.1) is 0 Å². The van der Waals surface area contributed by atoms with Gasteiger partial charge in [0.25, 0.3) is 5.91 Å². The first kappa shape index (κ1) is 10.4. The van der Waals surface area contributed by atoms with Crippen LogP contribution in [0.3, 0.4) is 0 Å². The summed E-state index contributed by atoms with van der Waals surface area (Å²) in [5, 5.41) is 0. The van der Waals surface area contributed by atoms with Crippen LogP contribution in [0.15, 0.2) is 0 Å². The van der Waals surface area contributed by atoms with Crippen molar-refractivity contribution in [3.8, 4) is 0 Å². The highest BCUT2D eigenvalue weighted by atomic mass is 32.2. The van der Waals surface area contributed by atoms with E-state index >= 15 is 0 Å². The molecule has 0 spiro atoms. The lowest BCUT2D eigenvalue weighted by molar-refractivity contribution is -0.181. The third-order valence-corrected chi connectivity index (χ3v) is 3.07. The second-order valence-electron chi connectivity index (χ2n) is 2.75. The van der Waals surface area contributed by atoms with E-state index in [9.17, 15) is 13.2 Å². The summed E-state index contributed by atoms with van der Waals surface area (Å²) in [6.07, 6.45) is 0. The van der Waals surface area contributed by atoms with Gasteiger partial charge in [0.2, 0.25) is 5.72 Å². The van der Waals surface area contributed by atoms with Crippen molar-refractivity contribution in [2.24, 2.45) is 5.73 Å². The zero-order chi connectivity index (χ0) is 10.4. The van der Waals surface area contributed by atoms with Crippen molar-refractivity contribution in [3.63, 3.8) is 0 Å². The minimum Gasteiger partial charge on any atom is -0.353 e. The van der Waals surface area contributed by atoms with E-state index in [4.69, 9.17) is 10.3 Å². The van der Waals surface area contributed by atoms with Crippen LogP contribution in [0.1, 0.15) is 6.92 Å². The minimum absolute atomic E-state index is 0.274. The molecule has 8 heteroatoms. The van der Waals surface area contributed by atoms with Crippen LogP contribution in [0.5, 0.6) is 0 Å². The predicted molar refractivity (Wildman–Crippen MR) is 41.8 cm³/mol. The van der Waals surface area contributed by atoms with Crippen LogP contribution in [0.4, 0.5) is 0 Å². The molecule has 1 aliphatic rings. The van der Waals surface area contributed by atoms with Gasteiger partial charge in [0.05, 0.1) is 6.04 Å². The van der Waals surface area contributed by atoms with Crippen molar-refractivity contribution in [1.82, 2.24) is 4.31 Å². The quantitative estimate of drug-likeness (QED) is 0.320. The number of hydrogen-bond acceptors (Lipinski definition) is 5. The number of rotatable bonds is 2. The van der Waals surface area contributed by atoms with Gasteiger partial charge in [-0.3, -0.25) is 15.1 Å². The average Bonchev–Trinajstić information content (AvgIpc) is 2.01. The molecule has 0 aromatic heterocycles. The number of nitrogens with zero attached hydrogens (tertiary/aromatic N) is 1. The molecule has 0 aromatic carbocycles. The lowest BCUT2D eigenvalue weighted by atomic mass is 9.97. The number of β-lactam (4-membered cyclic amide) rings is 1. The number of carbonyl (C=O) groups excluding carboxylic acids is 1. The predicted octanol–water partition coefficient (Wildman–Crippen LogP) is -1.68. The summed E-state index contributed by atoms with van der Waals surface area (Å²) >= 11 is 0. The molecule has 2 atom stereocenters. The summed E-state index contributed by atoms with van der Waals surface area (Å²) < 4.78 is 34.7. The van der Waals surface area contributed by atoms with Crippen molar-refractivity contribution in [2.75, 3.05) is 7.11 Å². The van der Waals surface area contributed by atoms with Gasteiger partial charge in [0.1, 0.15) is 0 Å². The molecule has 1 aliphatic heterocycles. The first-order valence-electron chi connectivity index (χ1n) is 3.40. The van der Waals surface area contributed by atoms with Crippen molar-refractivity contribution >= 4 is 16.2 Å². The summed E-state index contributed by atoms with van der Waals surface area (Å²) in [5.74, 6) is -0.968. The van der Waals surface area contributed by atoms with E-state index in [0.29, 0.717) is 0 Å². The zero-order valence-corrected chi connectivity index (χ0v) is 7.91. The Morgan fingerprint density at radius 2 is 2.15 bits per heavy atom. The highest BCUT2D eigenvalue weighted by Crippen LogP contribution is 2.31. The maximum absolute atomic E-state index is 11.1. The fourth-order valence-electron chi connectivity index (χ4n) is 1.20. The van der Waals surface area contributed by atoms with Crippen LogP contribution in [0.2, 0.25) is 0 Å². The van der Waals surface area contributed by atoms with Crippen molar-refractivity contribution in [2.45, 2.75) is 18.7 Å². The number of methoxy groups -OCH3 is 1. The Bertz CT molecular complexity index is 339.